The smallest absolute Gasteiger partial charge is 0.252 e. The van der Waals surface area contributed by atoms with Crippen LogP contribution in [0.1, 0.15) is 16.7 Å². The highest BCUT2D eigenvalue weighted by atomic mass is 79.9. The Bertz CT molecular complexity index is 1400. The van der Waals surface area contributed by atoms with Crippen molar-refractivity contribution in [2.45, 2.75) is 24.9 Å². The summed E-state index contributed by atoms with van der Waals surface area (Å²) in [5.41, 5.74) is 2.71. The summed E-state index contributed by atoms with van der Waals surface area (Å²) in [7, 11) is -3.87. The van der Waals surface area contributed by atoms with Gasteiger partial charge in [-0.2, -0.15) is 4.31 Å². The highest BCUT2D eigenvalue weighted by Crippen LogP contribution is 2.27. The fourth-order valence-corrected chi connectivity index (χ4v) is 5.84. The molecule has 31 heavy (non-hydrogen) atoms. The molecule has 158 valence electrons. The number of halogens is 1. The van der Waals surface area contributed by atoms with E-state index >= 15 is 0 Å². The maximum absolute atomic E-state index is 13.6. The average Bonchev–Trinajstić information content (AvgIpc) is 2.74. The van der Waals surface area contributed by atoms with E-state index in [1.165, 1.54) is 4.31 Å². The number of hydrogen-bond acceptors (Lipinski definition) is 3. The zero-order valence-electron chi connectivity index (χ0n) is 16.9. The number of aryl methyl sites for hydroxylation is 1. The average molecular weight is 497 g/mol. The number of sulfonamides is 1. The minimum absolute atomic E-state index is 0.0439. The first-order valence-electron chi connectivity index (χ1n) is 9.76. The highest BCUT2D eigenvalue weighted by molar-refractivity contribution is 9.10. The minimum atomic E-state index is -3.87. The lowest BCUT2D eigenvalue weighted by atomic mass is 10.1. The summed E-state index contributed by atoms with van der Waals surface area (Å²) in [6, 6.07) is 23.6. The van der Waals surface area contributed by atoms with Gasteiger partial charge in [0, 0.05) is 28.6 Å². The summed E-state index contributed by atoms with van der Waals surface area (Å²) < 4.78 is 29.0. The third-order valence-electron chi connectivity index (χ3n) is 5.08. The van der Waals surface area contributed by atoms with Crippen LogP contribution in [0.5, 0.6) is 0 Å². The summed E-state index contributed by atoms with van der Waals surface area (Å²) in [5.74, 6) is 0. The lowest BCUT2D eigenvalue weighted by Crippen LogP contribution is -2.32. The molecule has 0 unspecified atom stereocenters. The van der Waals surface area contributed by atoms with Gasteiger partial charge in [-0.15, -0.1) is 0 Å². The number of rotatable bonds is 6. The van der Waals surface area contributed by atoms with E-state index in [1.54, 1.807) is 30.3 Å². The Labute approximate surface area is 189 Å². The van der Waals surface area contributed by atoms with Gasteiger partial charge < -0.3 is 4.98 Å². The van der Waals surface area contributed by atoms with Gasteiger partial charge in [-0.1, -0.05) is 54.6 Å². The first-order chi connectivity index (χ1) is 14.8. The van der Waals surface area contributed by atoms with Crippen LogP contribution in [0.2, 0.25) is 0 Å². The van der Waals surface area contributed by atoms with Crippen molar-refractivity contribution in [3.63, 3.8) is 0 Å². The maximum atomic E-state index is 13.6. The molecule has 0 bridgehead atoms. The summed E-state index contributed by atoms with van der Waals surface area (Å²) in [6.07, 6.45) is 0. The number of aromatic nitrogens is 1. The number of benzene rings is 3. The molecular formula is C24H21BrN2O3S. The molecule has 0 amide bonds. The molecule has 1 heterocycles. The number of hydrogen-bond donors (Lipinski definition) is 1. The standard InChI is InChI=1S/C24H21BrN2O3S/c1-17-11-12-19-14-20(24(28)26-22(19)13-17)16-27(15-18-7-3-2-4-8-18)31(29,30)23-10-6-5-9-21(23)25/h2-14H,15-16H2,1H3,(H,26,28). The quantitative estimate of drug-likeness (QED) is 0.408. The van der Waals surface area contributed by atoms with Crippen LogP contribution < -0.4 is 5.56 Å². The molecule has 0 atom stereocenters. The van der Waals surface area contributed by atoms with Crippen LogP contribution in [-0.4, -0.2) is 17.7 Å². The van der Waals surface area contributed by atoms with Gasteiger partial charge in [0.25, 0.3) is 5.56 Å². The molecule has 0 fully saturated rings. The SMILES string of the molecule is Cc1ccc2cc(CN(Cc3ccccc3)S(=O)(=O)c3ccccc3Br)c(=O)[nH]c2c1. The Hall–Kier alpha value is -2.74. The molecule has 7 heteroatoms. The van der Waals surface area contributed by atoms with Crippen LogP contribution in [0.3, 0.4) is 0 Å². The Kier molecular flexibility index (Phi) is 6.09. The molecule has 0 saturated carbocycles. The zero-order chi connectivity index (χ0) is 22.0. The van der Waals surface area contributed by atoms with Crippen molar-refractivity contribution < 1.29 is 8.42 Å². The number of nitrogens with one attached hydrogen (secondary N) is 1. The largest absolute Gasteiger partial charge is 0.322 e. The molecule has 4 rings (SSSR count). The van der Waals surface area contributed by atoms with Gasteiger partial charge in [0.15, 0.2) is 0 Å². The van der Waals surface area contributed by atoms with E-state index < -0.39 is 10.0 Å². The van der Waals surface area contributed by atoms with Crippen LogP contribution in [-0.2, 0) is 23.1 Å². The molecule has 0 aliphatic heterocycles. The van der Waals surface area contributed by atoms with E-state index in [-0.39, 0.29) is 23.5 Å². The second kappa shape index (κ2) is 8.78. The van der Waals surface area contributed by atoms with Crippen LogP contribution in [0.25, 0.3) is 10.9 Å². The lowest BCUT2D eigenvalue weighted by molar-refractivity contribution is 0.399. The number of H-pyrrole nitrogens is 1. The van der Waals surface area contributed by atoms with Crippen molar-refractivity contribution in [1.82, 2.24) is 9.29 Å². The Morgan fingerprint density at radius 2 is 1.61 bits per heavy atom. The predicted octanol–water partition coefficient (Wildman–Crippen LogP) is 4.99. The molecule has 3 aromatic carbocycles. The van der Waals surface area contributed by atoms with Crippen LogP contribution in [0.15, 0.2) is 93.0 Å². The summed E-state index contributed by atoms with van der Waals surface area (Å²) in [5, 5.41) is 0.859. The summed E-state index contributed by atoms with van der Waals surface area (Å²) >= 11 is 3.35. The fourth-order valence-electron chi connectivity index (χ4n) is 3.47. The van der Waals surface area contributed by atoms with E-state index in [0.29, 0.717) is 10.0 Å². The Balaban J connectivity index is 1.79. The van der Waals surface area contributed by atoms with Crippen molar-refractivity contribution in [3.8, 4) is 0 Å². The zero-order valence-corrected chi connectivity index (χ0v) is 19.3. The third kappa shape index (κ3) is 4.63. The maximum Gasteiger partial charge on any atom is 0.252 e. The number of pyridine rings is 1. The lowest BCUT2D eigenvalue weighted by Gasteiger charge is -2.23. The summed E-state index contributed by atoms with van der Waals surface area (Å²) in [6.45, 7) is 2.06. The third-order valence-corrected chi connectivity index (χ3v) is 7.89. The van der Waals surface area contributed by atoms with Crippen molar-refractivity contribution >= 4 is 36.9 Å². The molecule has 0 saturated heterocycles. The predicted molar refractivity (Wildman–Crippen MR) is 126 cm³/mol. The molecule has 1 aromatic heterocycles. The molecular weight excluding hydrogens is 476 g/mol. The van der Waals surface area contributed by atoms with Crippen LogP contribution in [0.4, 0.5) is 0 Å². The van der Waals surface area contributed by atoms with Gasteiger partial charge in [-0.3, -0.25) is 4.79 Å². The van der Waals surface area contributed by atoms with Gasteiger partial charge in [-0.25, -0.2) is 8.42 Å². The fraction of sp³-hybridized carbons (Fsp3) is 0.125. The minimum Gasteiger partial charge on any atom is -0.322 e. The van der Waals surface area contributed by atoms with Gasteiger partial charge in [0.2, 0.25) is 10.0 Å². The summed E-state index contributed by atoms with van der Waals surface area (Å²) in [4.78, 5) is 15.8. The first kappa shape index (κ1) is 21.5. The van der Waals surface area contributed by atoms with Crippen molar-refractivity contribution in [2.75, 3.05) is 0 Å². The number of aromatic amines is 1. The van der Waals surface area contributed by atoms with E-state index in [0.717, 1.165) is 22.0 Å². The topological polar surface area (TPSA) is 70.2 Å². The molecule has 4 aromatic rings. The van der Waals surface area contributed by atoms with E-state index in [9.17, 15) is 13.2 Å². The van der Waals surface area contributed by atoms with Crippen molar-refractivity contribution in [3.05, 3.63) is 110 Å². The molecule has 0 aliphatic rings. The molecule has 1 N–H and O–H groups in total. The molecule has 5 nitrogen and oxygen atoms in total. The van der Waals surface area contributed by atoms with Gasteiger partial charge in [0.1, 0.15) is 0 Å². The van der Waals surface area contributed by atoms with Crippen molar-refractivity contribution in [1.29, 1.82) is 0 Å². The monoisotopic (exact) mass is 496 g/mol. The second-order valence-corrected chi connectivity index (χ2v) is 10.2. The molecule has 0 spiro atoms. The van der Waals surface area contributed by atoms with E-state index in [1.807, 2.05) is 55.5 Å². The molecule has 0 aliphatic carbocycles. The second-order valence-electron chi connectivity index (χ2n) is 7.40. The number of nitrogens with zero attached hydrogens (tertiary/aromatic N) is 1. The Morgan fingerprint density at radius 1 is 0.903 bits per heavy atom. The van der Waals surface area contributed by atoms with Crippen molar-refractivity contribution in [2.24, 2.45) is 0 Å². The first-order valence-corrected chi connectivity index (χ1v) is 12.0. The van der Waals surface area contributed by atoms with Gasteiger partial charge >= 0.3 is 0 Å². The molecule has 0 radical (unpaired) electrons. The highest BCUT2D eigenvalue weighted by Gasteiger charge is 2.27. The van der Waals surface area contributed by atoms with Gasteiger partial charge in [0.05, 0.1) is 4.90 Å². The van der Waals surface area contributed by atoms with E-state index in [4.69, 9.17) is 0 Å². The van der Waals surface area contributed by atoms with Crippen LogP contribution >= 0.6 is 15.9 Å². The van der Waals surface area contributed by atoms with Crippen LogP contribution in [0, 0.1) is 6.92 Å². The number of fused-ring (bicyclic) bond motifs is 1. The Morgan fingerprint density at radius 3 is 2.35 bits per heavy atom. The normalized spacial score (nSPS) is 11.8. The van der Waals surface area contributed by atoms with Gasteiger partial charge in [-0.05, 0) is 63.6 Å². The van der Waals surface area contributed by atoms with E-state index in [2.05, 4.69) is 20.9 Å².